The third-order valence-corrected chi connectivity index (χ3v) is 5.03. The van der Waals surface area contributed by atoms with Crippen LogP contribution >= 0.6 is 11.8 Å². The fourth-order valence-electron chi connectivity index (χ4n) is 2.70. The number of anilines is 1. The largest absolute Gasteiger partial charge is 0.331 e. The number of thioether (sulfide) groups is 1. The standard InChI is InChI=1S/C19H17F2N3O3S/c1-11(15-7-4-13(20)8-16(15)21)22-18(26)23-14-5-2-12(3-6-14)9-24-17(25)10-28-19(24)27/h2-8,11H,9-10H2,1H3,(H2,22,23,26). The van der Waals surface area contributed by atoms with Crippen LogP contribution in [0.1, 0.15) is 24.1 Å². The molecule has 4 amide bonds. The van der Waals surface area contributed by atoms with Gasteiger partial charge in [0.25, 0.3) is 5.24 Å². The Balaban J connectivity index is 1.57. The van der Waals surface area contributed by atoms with E-state index in [1.807, 2.05) is 0 Å². The first-order valence-electron chi connectivity index (χ1n) is 8.42. The van der Waals surface area contributed by atoms with Crippen molar-refractivity contribution < 1.29 is 23.2 Å². The number of hydrogen-bond acceptors (Lipinski definition) is 4. The Morgan fingerprint density at radius 3 is 2.50 bits per heavy atom. The first kappa shape index (κ1) is 19.8. The Hall–Kier alpha value is -2.94. The monoisotopic (exact) mass is 405 g/mol. The molecule has 28 heavy (non-hydrogen) atoms. The van der Waals surface area contributed by atoms with Crippen molar-refractivity contribution in [3.8, 4) is 0 Å². The van der Waals surface area contributed by atoms with Crippen molar-refractivity contribution in [2.75, 3.05) is 11.1 Å². The van der Waals surface area contributed by atoms with Crippen LogP contribution in [0.5, 0.6) is 0 Å². The molecule has 2 aromatic rings. The van der Waals surface area contributed by atoms with E-state index in [-0.39, 0.29) is 29.0 Å². The highest BCUT2D eigenvalue weighted by molar-refractivity contribution is 8.14. The molecule has 6 nitrogen and oxygen atoms in total. The van der Waals surface area contributed by atoms with E-state index in [1.54, 1.807) is 31.2 Å². The number of nitrogens with one attached hydrogen (secondary N) is 2. The van der Waals surface area contributed by atoms with Crippen LogP contribution in [0.25, 0.3) is 0 Å². The molecule has 0 spiro atoms. The van der Waals surface area contributed by atoms with E-state index in [0.717, 1.165) is 29.5 Å². The summed E-state index contributed by atoms with van der Waals surface area (Å²) >= 11 is 0.975. The maximum absolute atomic E-state index is 13.8. The van der Waals surface area contributed by atoms with E-state index < -0.39 is 23.7 Å². The summed E-state index contributed by atoms with van der Waals surface area (Å²) in [6.07, 6.45) is 0. The number of rotatable bonds is 5. The molecule has 2 N–H and O–H groups in total. The number of urea groups is 1. The number of hydrogen-bond donors (Lipinski definition) is 2. The van der Waals surface area contributed by atoms with Crippen LogP contribution in [0.4, 0.5) is 24.1 Å². The summed E-state index contributed by atoms with van der Waals surface area (Å²) in [6.45, 7) is 1.76. The lowest BCUT2D eigenvalue weighted by Gasteiger charge is -2.16. The van der Waals surface area contributed by atoms with Crippen molar-refractivity contribution in [2.24, 2.45) is 0 Å². The van der Waals surface area contributed by atoms with E-state index in [0.29, 0.717) is 5.69 Å². The molecule has 1 saturated heterocycles. The van der Waals surface area contributed by atoms with Gasteiger partial charge in [-0.25, -0.2) is 13.6 Å². The maximum Gasteiger partial charge on any atom is 0.319 e. The molecule has 0 radical (unpaired) electrons. The van der Waals surface area contributed by atoms with E-state index in [9.17, 15) is 23.2 Å². The Labute approximate surface area is 164 Å². The maximum atomic E-state index is 13.8. The zero-order valence-corrected chi connectivity index (χ0v) is 15.7. The first-order chi connectivity index (χ1) is 13.3. The number of imide groups is 1. The van der Waals surface area contributed by atoms with Crippen molar-refractivity contribution in [1.29, 1.82) is 0 Å². The molecule has 2 aromatic carbocycles. The zero-order valence-electron chi connectivity index (χ0n) is 14.9. The van der Waals surface area contributed by atoms with Crippen LogP contribution in [0.2, 0.25) is 0 Å². The summed E-state index contributed by atoms with van der Waals surface area (Å²) in [4.78, 5) is 36.5. The van der Waals surface area contributed by atoms with E-state index in [4.69, 9.17) is 0 Å². The first-order valence-corrected chi connectivity index (χ1v) is 9.40. The summed E-state index contributed by atoms with van der Waals surface area (Å²) in [7, 11) is 0. The third kappa shape index (κ3) is 4.66. The van der Waals surface area contributed by atoms with Gasteiger partial charge in [-0.3, -0.25) is 14.5 Å². The molecule has 0 aliphatic carbocycles. The third-order valence-electron chi connectivity index (χ3n) is 4.17. The fraction of sp³-hybridized carbons (Fsp3) is 0.211. The lowest BCUT2D eigenvalue weighted by Crippen LogP contribution is -2.31. The second-order valence-electron chi connectivity index (χ2n) is 6.22. The predicted octanol–water partition coefficient (Wildman–Crippen LogP) is 4.04. The molecule has 1 unspecified atom stereocenters. The van der Waals surface area contributed by atoms with E-state index >= 15 is 0 Å². The highest BCUT2D eigenvalue weighted by Gasteiger charge is 2.29. The van der Waals surface area contributed by atoms with Crippen LogP contribution in [-0.2, 0) is 11.3 Å². The normalized spacial score (nSPS) is 14.9. The molecular formula is C19H17F2N3O3S. The van der Waals surface area contributed by atoms with Gasteiger partial charge in [0.15, 0.2) is 0 Å². The van der Waals surface area contributed by atoms with Gasteiger partial charge in [-0.1, -0.05) is 30.0 Å². The van der Waals surface area contributed by atoms with Crippen LogP contribution in [0.3, 0.4) is 0 Å². The number of amides is 4. The molecule has 1 atom stereocenters. The Morgan fingerprint density at radius 1 is 1.18 bits per heavy atom. The zero-order chi connectivity index (χ0) is 20.3. The Kier molecular flexibility index (Phi) is 5.93. The van der Waals surface area contributed by atoms with Gasteiger partial charge < -0.3 is 10.6 Å². The van der Waals surface area contributed by atoms with Crippen molar-refractivity contribution in [2.45, 2.75) is 19.5 Å². The second-order valence-corrected chi connectivity index (χ2v) is 7.14. The lowest BCUT2D eigenvalue weighted by molar-refractivity contribution is -0.125. The summed E-state index contributed by atoms with van der Waals surface area (Å²) in [5.41, 5.74) is 1.41. The Bertz CT molecular complexity index is 905. The van der Waals surface area contributed by atoms with Crippen LogP contribution < -0.4 is 10.6 Å². The average Bonchev–Trinajstić information content (AvgIpc) is 2.95. The van der Waals surface area contributed by atoms with Gasteiger partial charge >= 0.3 is 6.03 Å². The minimum Gasteiger partial charge on any atom is -0.331 e. The summed E-state index contributed by atoms with van der Waals surface area (Å²) in [6, 6.07) is 8.62. The van der Waals surface area contributed by atoms with Gasteiger partial charge in [-0.2, -0.15) is 0 Å². The summed E-state index contributed by atoms with van der Waals surface area (Å²) < 4.78 is 26.8. The highest BCUT2D eigenvalue weighted by atomic mass is 32.2. The average molecular weight is 405 g/mol. The quantitative estimate of drug-likeness (QED) is 0.787. The highest BCUT2D eigenvalue weighted by Crippen LogP contribution is 2.22. The molecule has 0 aromatic heterocycles. The number of carbonyl (C=O) groups excluding carboxylic acids is 3. The molecule has 1 fully saturated rings. The smallest absolute Gasteiger partial charge is 0.319 e. The number of halogens is 2. The van der Waals surface area contributed by atoms with Gasteiger partial charge in [0, 0.05) is 17.3 Å². The summed E-state index contributed by atoms with van der Waals surface area (Å²) in [5, 5.41) is 4.92. The van der Waals surface area contributed by atoms with Gasteiger partial charge in [0.05, 0.1) is 18.3 Å². The molecule has 0 bridgehead atoms. The molecule has 0 saturated carbocycles. The number of nitrogens with zero attached hydrogens (tertiary/aromatic N) is 1. The predicted molar refractivity (Wildman–Crippen MR) is 102 cm³/mol. The number of carbonyl (C=O) groups is 3. The molecule has 146 valence electrons. The van der Waals surface area contributed by atoms with Gasteiger partial charge in [-0.05, 0) is 30.7 Å². The molecule has 9 heteroatoms. The van der Waals surface area contributed by atoms with Gasteiger partial charge in [0.1, 0.15) is 11.6 Å². The summed E-state index contributed by atoms with van der Waals surface area (Å²) in [5.74, 6) is -1.49. The molecule has 1 aliphatic rings. The molecule has 1 heterocycles. The van der Waals surface area contributed by atoms with Gasteiger partial charge in [0.2, 0.25) is 5.91 Å². The fourth-order valence-corrected chi connectivity index (χ4v) is 3.43. The molecule has 3 rings (SSSR count). The molecular weight excluding hydrogens is 388 g/mol. The van der Waals surface area contributed by atoms with Crippen molar-refractivity contribution in [3.63, 3.8) is 0 Å². The minimum absolute atomic E-state index is 0.158. The van der Waals surface area contributed by atoms with Crippen molar-refractivity contribution >= 4 is 34.6 Å². The van der Waals surface area contributed by atoms with Crippen molar-refractivity contribution in [1.82, 2.24) is 10.2 Å². The number of benzene rings is 2. The van der Waals surface area contributed by atoms with Crippen LogP contribution in [0.15, 0.2) is 42.5 Å². The van der Waals surface area contributed by atoms with E-state index in [2.05, 4.69) is 10.6 Å². The van der Waals surface area contributed by atoms with Gasteiger partial charge in [-0.15, -0.1) is 0 Å². The van der Waals surface area contributed by atoms with Crippen LogP contribution in [-0.4, -0.2) is 27.8 Å². The lowest BCUT2D eigenvalue weighted by atomic mass is 10.1. The SMILES string of the molecule is CC(NC(=O)Nc1ccc(CN2C(=O)CSC2=O)cc1)c1ccc(F)cc1F. The van der Waals surface area contributed by atoms with Crippen LogP contribution in [0, 0.1) is 11.6 Å². The second kappa shape index (κ2) is 8.39. The topological polar surface area (TPSA) is 78.5 Å². The minimum atomic E-state index is -0.735. The Morgan fingerprint density at radius 2 is 1.89 bits per heavy atom. The van der Waals surface area contributed by atoms with Crippen molar-refractivity contribution in [3.05, 3.63) is 65.2 Å². The molecule has 1 aliphatic heterocycles. The van der Waals surface area contributed by atoms with E-state index in [1.165, 1.54) is 11.0 Å².